The third-order valence-electron chi connectivity index (χ3n) is 5.83. The van der Waals surface area contributed by atoms with Crippen LogP contribution in [-0.4, -0.2) is 60.2 Å². The number of hydrogen-bond acceptors (Lipinski definition) is 5. The quantitative estimate of drug-likeness (QED) is 0.536. The van der Waals surface area contributed by atoms with Gasteiger partial charge in [-0.15, -0.1) is 0 Å². The Balaban J connectivity index is 0.00000341. The van der Waals surface area contributed by atoms with E-state index in [1.807, 2.05) is 0 Å². The molecule has 2 N–H and O–H groups in total. The first kappa shape index (κ1) is 25.6. The van der Waals surface area contributed by atoms with Crippen molar-refractivity contribution in [2.45, 2.75) is 64.3 Å². The number of carboxylic acid groups (broad SMARTS) is 1. The largest absolute Gasteiger partial charge is 0.480 e. The molecule has 2 aliphatic rings. The molecule has 0 bridgehead atoms. The molecule has 31 heavy (non-hydrogen) atoms. The first-order valence-electron chi connectivity index (χ1n) is 10.8. The van der Waals surface area contributed by atoms with E-state index in [0.29, 0.717) is 25.4 Å². The number of amides is 1. The topological polar surface area (TPSA) is 117 Å². The Morgan fingerprint density at radius 3 is 2.65 bits per heavy atom. The third-order valence-corrected chi connectivity index (χ3v) is 7.42. The number of aryl methyl sites for hydroxylation is 3. The number of sulfonamides is 1. The molecular weight excluding hydrogens is 438 g/mol. The van der Waals surface area contributed by atoms with Crippen molar-refractivity contribution >= 4 is 35.4 Å². The number of carbonyl (C=O) groups excluding carboxylic acids is 1. The maximum Gasteiger partial charge on any atom is 0.322 e. The predicted octanol–water partition coefficient (Wildman–Crippen LogP) is 1.64. The lowest BCUT2D eigenvalue weighted by Crippen LogP contribution is -2.53. The van der Waals surface area contributed by atoms with Crippen LogP contribution in [0.2, 0.25) is 0 Å². The summed E-state index contributed by atoms with van der Waals surface area (Å²) >= 11 is 0. The predicted molar refractivity (Wildman–Crippen MR) is 123 cm³/mol. The highest BCUT2D eigenvalue weighted by Crippen LogP contribution is 2.24. The lowest BCUT2D eigenvalue weighted by Gasteiger charge is -2.40. The molecule has 3 rings (SSSR count). The molecule has 1 aliphatic carbocycles. The number of aromatic nitrogens is 1. The van der Waals surface area contributed by atoms with Crippen LogP contribution in [-0.2, 0) is 38.9 Å². The van der Waals surface area contributed by atoms with E-state index in [2.05, 4.69) is 16.9 Å². The normalized spacial score (nSPS) is 17.3. The fraction of sp³-hybridized carbons (Fsp3) is 0.667. The Labute approximate surface area is 191 Å². The van der Waals surface area contributed by atoms with Crippen molar-refractivity contribution < 1.29 is 23.1 Å². The zero-order valence-corrected chi connectivity index (χ0v) is 19.8. The molecule has 1 aromatic heterocycles. The molecule has 0 saturated carbocycles. The van der Waals surface area contributed by atoms with E-state index in [1.165, 1.54) is 24.1 Å². The standard InChI is InChI=1S/C21H31N3O5S.H2S/c1-2-11-30(28,29)23-19(21(26)27)12-20(25)24-13-15(14-24)7-9-17-10-8-16-5-3-4-6-18(16)22-17;/h8,10,15,19,23H,2-7,9,11-14H2,1H3,(H,26,27);1H2/t19-;/m0./s1. The summed E-state index contributed by atoms with van der Waals surface area (Å²) < 4.78 is 25.8. The molecule has 1 fully saturated rings. The summed E-state index contributed by atoms with van der Waals surface area (Å²) in [6.07, 6.45) is 6.43. The average Bonchev–Trinajstić information content (AvgIpc) is 2.65. The fourth-order valence-electron chi connectivity index (χ4n) is 4.10. The summed E-state index contributed by atoms with van der Waals surface area (Å²) in [6.45, 7) is 2.86. The minimum Gasteiger partial charge on any atom is -0.480 e. The van der Waals surface area contributed by atoms with Crippen molar-refractivity contribution in [2.24, 2.45) is 5.92 Å². The monoisotopic (exact) mass is 471 g/mol. The summed E-state index contributed by atoms with van der Waals surface area (Å²) in [6, 6.07) is 2.87. The Hall–Kier alpha value is -1.65. The minimum atomic E-state index is -3.70. The molecule has 1 amide bonds. The number of nitrogens with zero attached hydrogens (tertiary/aromatic N) is 2. The van der Waals surface area contributed by atoms with Crippen LogP contribution in [0.3, 0.4) is 0 Å². The van der Waals surface area contributed by atoms with Crippen LogP contribution in [0.15, 0.2) is 12.1 Å². The van der Waals surface area contributed by atoms with Crippen LogP contribution >= 0.6 is 13.5 Å². The van der Waals surface area contributed by atoms with Crippen LogP contribution in [0, 0.1) is 5.92 Å². The molecular formula is C21H33N3O5S2. The number of hydrogen-bond donors (Lipinski definition) is 2. The SMILES string of the molecule is CCCS(=O)(=O)N[C@@H](CC(=O)N1CC(CCc2ccc3c(n2)CCCC3)C1)C(=O)O.S. The molecule has 174 valence electrons. The Morgan fingerprint density at radius 2 is 1.97 bits per heavy atom. The van der Waals surface area contributed by atoms with E-state index in [0.717, 1.165) is 31.4 Å². The van der Waals surface area contributed by atoms with Crippen molar-refractivity contribution in [3.05, 3.63) is 29.1 Å². The number of carbonyl (C=O) groups is 2. The average molecular weight is 472 g/mol. The zero-order valence-electron chi connectivity index (χ0n) is 18.0. The second kappa shape index (κ2) is 11.3. The van der Waals surface area contributed by atoms with Crippen LogP contribution in [0.1, 0.15) is 56.0 Å². The molecule has 1 saturated heterocycles. The Morgan fingerprint density at radius 1 is 1.26 bits per heavy atom. The van der Waals surface area contributed by atoms with E-state index in [4.69, 9.17) is 4.98 Å². The second-order valence-corrected chi connectivity index (χ2v) is 10.2. The highest BCUT2D eigenvalue weighted by Gasteiger charge is 2.34. The number of nitrogens with one attached hydrogen (secondary N) is 1. The molecule has 0 radical (unpaired) electrons. The van der Waals surface area contributed by atoms with Gasteiger partial charge in [0.1, 0.15) is 6.04 Å². The molecule has 2 heterocycles. The van der Waals surface area contributed by atoms with Gasteiger partial charge in [0.25, 0.3) is 0 Å². The highest BCUT2D eigenvalue weighted by molar-refractivity contribution is 7.89. The van der Waals surface area contributed by atoms with E-state index < -0.39 is 22.0 Å². The molecule has 0 aromatic carbocycles. The molecule has 0 unspecified atom stereocenters. The maximum absolute atomic E-state index is 12.4. The lowest BCUT2D eigenvalue weighted by molar-refractivity contribution is -0.145. The Bertz CT molecular complexity index is 885. The second-order valence-electron chi connectivity index (χ2n) is 8.35. The van der Waals surface area contributed by atoms with Crippen LogP contribution in [0.4, 0.5) is 0 Å². The molecule has 8 nitrogen and oxygen atoms in total. The van der Waals surface area contributed by atoms with Crippen molar-refractivity contribution in [1.29, 1.82) is 0 Å². The number of pyridine rings is 1. The Kier molecular flexibility index (Phi) is 9.32. The van der Waals surface area contributed by atoms with Crippen molar-refractivity contribution in [3.63, 3.8) is 0 Å². The first-order valence-corrected chi connectivity index (χ1v) is 12.4. The summed E-state index contributed by atoms with van der Waals surface area (Å²) in [7, 11) is -3.70. The van der Waals surface area contributed by atoms with Gasteiger partial charge in [-0.1, -0.05) is 13.0 Å². The summed E-state index contributed by atoms with van der Waals surface area (Å²) in [5, 5.41) is 9.27. The zero-order chi connectivity index (χ0) is 21.7. The van der Waals surface area contributed by atoms with Crippen LogP contribution < -0.4 is 4.72 Å². The van der Waals surface area contributed by atoms with Gasteiger partial charge < -0.3 is 10.0 Å². The molecule has 0 spiro atoms. The van der Waals surface area contributed by atoms with Gasteiger partial charge in [0.15, 0.2) is 0 Å². The van der Waals surface area contributed by atoms with Crippen LogP contribution in [0.25, 0.3) is 0 Å². The lowest BCUT2D eigenvalue weighted by atomic mass is 9.92. The summed E-state index contributed by atoms with van der Waals surface area (Å²) in [5.74, 6) is -1.46. The number of likely N-dealkylation sites (tertiary alicyclic amines) is 1. The van der Waals surface area contributed by atoms with Gasteiger partial charge >= 0.3 is 5.97 Å². The van der Waals surface area contributed by atoms with Gasteiger partial charge in [0.05, 0.1) is 12.2 Å². The smallest absolute Gasteiger partial charge is 0.322 e. The number of rotatable bonds is 10. The molecule has 1 aliphatic heterocycles. The molecule has 1 atom stereocenters. The number of carboxylic acids is 1. The van der Waals surface area contributed by atoms with Crippen molar-refractivity contribution in [2.75, 3.05) is 18.8 Å². The minimum absolute atomic E-state index is 0. The van der Waals surface area contributed by atoms with Gasteiger partial charge in [-0.2, -0.15) is 13.5 Å². The summed E-state index contributed by atoms with van der Waals surface area (Å²) in [5.41, 5.74) is 3.69. The first-order chi connectivity index (χ1) is 14.3. The van der Waals surface area contributed by atoms with E-state index in [9.17, 15) is 23.1 Å². The number of fused-ring (bicyclic) bond motifs is 1. The van der Waals surface area contributed by atoms with Gasteiger partial charge in [0, 0.05) is 24.5 Å². The fourth-order valence-corrected chi connectivity index (χ4v) is 5.38. The summed E-state index contributed by atoms with van der Waals surface area (Å²) in [4.78, 5) is 30.1. The van der Waals surface area contributed by atoms with Gasteiger partial charge in [-0.05, 0) is 62.5 Å². The molecule has 1 aromatic rings. The highest BCUT2D eigenvalue weighted by atomic mass is 32.2. The maximum atomic E-state index is 12.4. The van der Waals surface area contributed by atoms with Crippen molar-refractivity contribution in [3.8, 4) is 0 Å². The van der Waals surface area contributed by atoms with Gasteiger partial charge in [0.2, 0.25) is 15.9 Å². The van der Waals surface area contributed by atoms with Gasteiger partial charge in [-0.3, -0.25) is 14.6 Å². The van der Waals surface area contributed by atoms with E-state index >= 15 is 0 Å². The van der Waals surface area contributed by atoms with Crippen molar-refractivity contribution in [1.82, 2.24) is 14.6 Å². The number of aliphatic carboxylic acids is 1. The van der Waals surface area contributed by atoms with E-state index in [-0.39, 0.29) is 31.6 Å². The molecule has 10 heteroatoms. The van der Waals surface area contributed by atoms with Crippen LogP contribution in [0.5, 0.6) is 0 Å². The third kappa shape index (κ3) is 7.18. The van der Waals surface area contributed by atoms with E-state index in [1.54, 1.807) is 11.8 Å². The van der Waals surface area contributed by atoms with Gasteiger partial charge in [-0.25, -0.2) is 13.1 Å².